The van der Waals surface area contributed by atoms with E-state index in [0.29, 0.717) is 0 Å². The van der Waals surface area contributed by atoms with Crippen LogP contribution in [0.3, 0.4) is 0 Å². The van der Waals surface area contributed by atoms with Gasteiger partial charge in [-0.25, -0.2) is 9.97 Å². The molecule has 0 unspecified atom stereocenters. The lowest BCUT2D eigenvalue weighted by Crippen LogP contribution is -2.37. The molecule has 7 heteroatoms. The Morgan fingerprint density at radius 1 is 1.07 bits per heavy atom. The minimum absolute atomic E-state index is 0.0780. The van der Waals surface area contributed by atoms with E-state index in [1.807, 2.05) is 38.1 Å². The highest BCUT2D eigenvalue weighted by Gasteiger charge is 2.25. The Bertz CT molecular complexity index is 939. The molecule has 0 atom stereocenters. The standard InChI is InChI=1S/C21H24N4OS2/c1-14-22-19(12-27-14)11-25-9-7-17(8-10-25)21(26)24-18-5-3-16(4-6-18)20-13-28-15(2)23-20/h3-6,12-13,17H,7-11H2,1-2H3,(H,24,26). The number of anilines is 1. The summed E-state index contributed by atoms with van der Waals surface area (Å²) < 4.78 is 0. The molecule has 1 N–H and O–H groups in total. The van der Waals surface area contributed by atoms with Crippen LogP contribution in [0.2, 0.25) is 0 Å². The largest absolute Gasteiger partial charge is 0.326 e. The van der Waals surface area contributed by atoms with Crippen LogP contribution >= 0.6 is 22.7 Å². The van der Waals surface area contributed by atoms with E-state index >= 15 is 0 Å². The van der Waals surface area contributed by atoms with Gasteiger partial charge in [-0.3, -0.25) is 9.69 Å². The molecule has 1 aliphatic rings. The van der Waals surface area contributed by atoms with Gasteiger partial charge in [0.05, 0.1) is 21.4 Å². The second-order valence-corrected chi connectivity index (χ2v) is 9.35. The maximum atomic E-state index is 12.6. The molecule has 1 fully saturated rings. The van der Waals surface area contributed by atoms with Crippen molar-refractivity contribution in [2.45, 2.75) is 33.2 Å². The lowest BCUT2D eigenvalue weighted by molar-refractivity contribution is -0.121. The van der Waals surface area contributed by atoms with Crippen LogP contribution in [0.25, 0.3) is 11.3 Å². The van der Waals surface area contributed by atoms with Crippen LogP contribution in [0.15, 0.2) is 35.0 Å². The molecule has 5 nitrogen and oxygen atoms in total. The number of carbonyl (C=O) groups excluding carboxylic acids is 1. The van der Waals surface area contributed by atoms with Gasteiger partial charge >= 0.3 is 0 Å². The monoisotopic (exact) mass is 412 g/mol. The second kappa shape index (κ2) is 8.51. The third-order valence-electron chi connectivity index (χ3n) is 5.08. The smallest absolute Gasteiger partial charge is 0.227 e. The van der Waals surface area contributed by atoms with E-state index < -0.39 is 0 Å². The Kier molecular flexibility index (Phi) is 5.85. The van der Waals surface area contributed by atoms with E-state index in [4.69, 9.17) is 0 Å². The third kappa shape index (κ3) is 4.66. The molecule has 1 amide bonds. The van der Waals surface area contributed by atoms with E-state index in [-0.39, 0.29) is 11.8 Å². The average molecular weight is 413 g/mol. The first-order valence-electron chi connectivity index (χ1n) is 9.53. The van der Waals surface area contributed by atoms with Crippen molar-refractivity contribution in [2.75, 3.05) is 18.4 Å². The van der Waals surface area contributed by atoms with Gasteiger partial charge in [-0.2, -0.15) is 0 Å². The van der Waals surface area contributed by atoms with Gasteiger partial charge < -0.3 is 5.32 Å². The number of amides is 1. The van der Waals surface area contributed by atoms with Gasteiger partial charge in [0.25, 0.3) is 0 Å². The average Bonchev–Trinajstić information content (AvgIpc) is 3.31. The topological polar surface area (TPSA) is 58.1 Å². The number of aryl methyl sites for hydroxylation is 2. The molecule has 146 valence electrons. The quantitative estimate of drug-likeness (QED) is 0.658. The summed E-state index contributed by atoms with van der Waals surface area (Å²) in [5.41, 5.74) is 4.05. The predicted octanol–water partition coefficient (Wildman–Crippen LogP) is 4.73. The van der Waals surface area contributed by atoms with Crippen LogP contribution in [0, 0.1) is 19.8 Å². The van der Waals surface area contributed by atoms with Crippen LogP contribution in [-0.4, -0.2) is 33.9 Å². The fourth-order valence-electron chi connectivity index (χ4n) is 3.53. The van der Waals surface area contributed by atoms with Crippen molar-refractivity contribution >= 4 is 34.3 Å². The first kappa shape index (κ1) is 19.2. The summed E-state index contributed by atoms with van der Waals surface area (Å²) in [6.07, 6.45) is 1.79. The minimum atomic E-state index is 0.0780. The number of thiazole rings is 2. The molecule has 0 spiro atoms. The van der Waals surface area contributed by atoms with Gasteiger partial charge in [0.1, 0.15) is 0 Å². The molecule has 3 heterocycles. The van der Waals surface area contributed by atoms with Crippen LogP contribution in [0.5, 0.6) is 0 Å². The number of nitrogens with one attached hydrogen (secondary N) is 1. The lowest BCUT2D eigenvalue weighted by Gasteiger charge is -2.30. The Hall–Kier alpha value is -2.09. The van der Waals surface area contributed by atoms with Crippen LogP contribution in [-0.2, 0) is 11.3 Å². The fourth-order valence-corrected chi connectivity index (χ4v) is 4.75. The summed E-state index contributed by atoms with van der Waals surface area (Å²) in [5, 5.41) is 9.44. The van der Waals surface area contributed by atoms with Gasteiger partial charge in [-0.1, -0.05) is 12.1 Å². The van der Waals surface area contributed by atoms with Crippen molar-refractivity contribution in [2.24, 2.45) is 5.92 Å². The van der Waals surface area contributed by atoms with Gasteiger partial charge in [0.15, 0.2) is 0 Å². The summed E-state index contributed by atoms with van der Waals surface area (Å²) in [6.45, 7) is 6.81. The molecule has 1 saturated heterocycles. The van der Waals surface area contributed by atoms with Gasteiger partial charge in [-0.15, -0.1) is 22.7 Å². The number of hydrogen-bond acceptors (Lipinski definition) is 6. The van der Waals surface area contributed by atoms with Gasteiger partial charge in [0.2, 0.25) is 5.91 Å². The molecular weight excluding hydrogens is 388 g/mol. The number of hydrogen-bond donors (Lipinski definition) is 1. The molecule has 2 aromatic heterocycles. The summed E-state index contributed by atoms with van der Waals surface area (Å²) >= 11 is 3.34. The molecular formula is C21H24N4OS2. The molecule has 1 aliphatic heterocycles. The Balaban J connectivity index is 1.28. The first-order valence-corrected chi connectivity index (χ1v) is 11.3. The van der Waals surface area contributed by atoms with Crippen molar-refractivity contribution in [3.8, 4) is 11.3 Å². The van der Waals surface area contributed by atoms with Gasteiger partial charge in [0, 0.05) is 34.5 Å². The zero-order valence-electron chi connectivity index (χ0n) is 16.1. The molecule has 0 aliphatic carbocycles. The Labute approximate surface area is 173 Å². The van der Waals surface area contributed by atoms with Crippen molar-refractivity contribution in [3.05, 3.63) is 50.7 Å². The van der Waals surface area contributed by atoms with Gasteiger partial charge in [-0.05, 0) is 51.9 Å². The highest BCUT2D eigenvalue weighted by atomic mass is 32.1. The first-order chi connectivity index (χ1) is 13.6. The fraction of sp³-hybridized carbons (Fsp3) is 0.381. The van der Waals surface area contributed by atoms with E-state index in [2.05, 4.69) is 30.9 Å². The normalized spacial score (nSPS) is 15.6. The van der Waals surface area contributed by atoms with E-state index in [0.717, 1.165) is 65.1 Å². The molecule has 28 heavy (non-hydrogen) atoms. The number of piperidine rings is 1. The van der Waals surface area contributed by atoms with Crippen molar-refractivity contribution in [1.29, 1.82) is 0 Å². The maximum Gasteiger partial charge on any atom is 0.227 e. The number of aromatic nitrogens is 2. The highest BCUT2D eigenvalue weighted by Crippen LogP contribution is 2.25. The van der Waals surface area contributed by atoms with Crippen LogP contribution < -0.4 is 5.32 Å². The number of rotatable bonds is 5. The lowest BCUT2D eigenvalue weighted by atomic mass is 9.95. The predicted molar refractivity (Wildman–Crippen MR) is 116 cm³/mol. The van der Waals surface area contributed by atoms with E-state index in [1.165, 1.54) is 0 Å². The highest BCUT2D eigenvalue weighted by molar-refractivity contribution is 7.10. The summed E-state index contributed by atoms with van der Waals surface area (Å²) in [6, 6.07) is 7.95. The number of benzene rings is 1. The van der Waals surface area contributed by atoms with E-state index in [9.17, 15) is 4.79 Å². The summed E-state index contributed by atoms with van der Waals surface area (Å²) in [7, 11) is 0. The van der Waals surface area contributed by atoms with E-state index in [1.54, 1.807) is 22.7 Å². The number of likely N-dealkylation sites (tertiary alicyclic amines) is 1. The number of carbonyl (C=O) groups is 1. The van der Waals surface area contributed by atoms with Crippen molar-refractivity contribution in [1.82, 2.24) is 14.9 Å². The second-order valence-electron chi connectivity index (χ2n) is 7.23. The molecule has 1 aromatic carbocycles. The number of nitrogens with zero attached hydrogens (tertiary/aromatic N) is 3. The zero-order chi connectivity index (χ0) is 19.5. The SMILES string of the molecule is Cc1nc(CN2CCC(C(=O)Nc3ccc(-c4csc(C)n4)cc3)CC2)cs1. The molecule has 0 radical (unpaired) electrons. The maximum absolute atomic E-state index is 12.6. The molecule has 4 rings (SSSR count). The van der Waals surface area contributed by atoms with Crippen LogP contribution in [0.1, 0.15) is 28.6 Å². The third-order valence-corrected chi connectivity index (χ3v) is 6.67. The minimum Gasteiger partial charge on any atom is -0.326 e. The van der Waals surface area contributed by atoms with Crippen molar-refractivity contribution < 1.29 is 4.79 Å². The zero-order valence-corrected chi connectivity index (χ0v) is 17.8. The van der Waals surface area contributed by atoms with Crippen LogP contribution in [0.4, 0.5) is 5.69 Å². The Morgan fingerprint density at radius 3 is 2.36 bits per heavy atom. The molecule has 0 bridgehead atoms. The molecule has 3 aromatic rings. The van der Waals surface area contributed by atoms with Crippen molar-refractivity contribution in [3.63, 3.8) is 0 Å². The summed E-state index contributed by atoms with van der Waals surface area (Å²) in [4.78, 5) is 24.1. The Morgan fingerprint density at radius 2 is 1.75 bits per heavy atom. The summed E-state index contributed by atoms with van der Waals surface area (Å²) in [5.74, 6) is 0.204. The molecule has 0 saturated carbocycles.